The van der Waals surface area contributed by atoms with Crippen LogP contribution in [-0.2, 0) is 9.53 Å². The number of carbonyl (C=O) groups excluding carboxylic acids is 2. The molecule has 4 aromatic rings. The number of carbonyl (C=O) groups is 2. The third kappa shape index (κ3) is 5.20. The van der Waals surface area contributed by atoms with Crippen molar-refractivity contribution in [2.24, 2.45) is 0 Å². The summed E-state index contributed by atoms with van der Waals surface area (Å²) in [4.78, 5) is 25.0. The topological polar surface area (TPSA) is 97.7 Å². The molecule has 1 atom stereocenters. The summed E-state index contributed by atoms with van der Waals surface area (Å²) in [6, 6.07) is 29.6. The molecule has 0 spiro atoms. The van der Waals surface area contributed by atoms with E-state index in [4.69, 9.17) is 14.2 Å². The number of anilines is 1. The highest BCUT2D eigenvalue weighted by molar-refractivity contribution is 6.04. The van der Waals surface area contributed by atoms with Gasteiger partial charge in [-0.05, 0) is 60.0 Å². The van der Waals surface area contributed by atoms with Crippen LogP contribution in [0.3, 0.4) is 0 Å². The number of esters is 1. The molecular formula is C31H24N2O5. The Morgan fingerprint density at radius 2 is 1.71 bits per heavy atom. The lowest BCUT2D eigenvalue weighted by Crippen LogP contribution is -2.22. The van der Waals surface area contributed by atoms with Gasteiger partial charge >= 0.3 is 5.97 Å². The molecule has 4 aromatic carbocycles. The largest absolute Gasteiger partial charge is 0.493 e. The number of methoxy groups -OCH3 is 1. The SMILES string of the molecule is COC(=O)C1CCOc2cc(Oc3ccc(C(=O)Nc4cccc(-c5ccccc5)c4)cc3)c(C#N)cc21. The summed E-state index contributed by atoms with van der Waals surface area (Å²) in [6.45, 7) is 0.357. The fourth-order valence-corrected chi connectivity index (χ4v) is 4.39. The van der Waals surface area contributed by atoms with Crippen LogP contribution >= 0.6 is 0 Å². The zero-order valence-corrected chi connectivity index (χ0v) is 20.6. The minimum atomic E-state index is -0.490. The summed E-state index contributed by atoms with van der Waals surface area (Å²) in [5.41, 5.74) is 4.09. The van der Waals surface area contributed by atoms with E-state index < -0.39 is 5.92 Å². The Balaban J connectivity index is 1.31. The van der Waals surface area contributed by atoms with Gasteiger partial charge in [0, 0.05) is 22.9 Å². The number of benzene rings is 4. The second-order valence-corrected chi connectivity index (χ2v) is 8.74. The monoisotopic (exact) mass is 504 g/mol. The first kappa shape index (κ1) is 24.6. The molecule has 0 radical (unpaired) electrons. The van der Waals surface area contributed by atoms with E-state index in [2.05, 4.69) is 11.4 Å². The first-order chi connectivity index (χ1) is 18.6. The molecule has 1 heterocycles. The van der Waals surface area contributed by atoms with Gasteiger partial charge in [0.1, 0.15) is 23.3 Å². The Bertz CT molecular complexity index is 1520. The molecule has 1 N–H and O–H groups in total. The van der Waals surface area contributed by atoms with Gasteiger partial charge in [-0.3, -0.25) is 9.59 Å². The lowest BCUT2D eigenvalue weighted by atomic mass is 9.91. The number of hydrogen-bond donors (Lipinski definition) is 1. The van der Waals surface area contributed by atoms with Crippen molar-refractivity contribution in [3.05, 3.63) is 108 Å². The number of ether oxygens (including phenoxy) is 3. The Morgan fingerprint density at radius 3 is 2.45 bits per heavy atom. The van der Waals surface area contributed by atoms with Crippen molar-refractivity contribution >= 4 is 17.6 Å². The summed E-state index contributed by atoms with van der Waals surface area (Å²) in [5, 5.41) is 12.6. The van der Waals surface area contributed by atoms with Gasteiger partial charge < -0.3 is 19.5 Å². The van der Waals surface area contributed by atoms with E-state index in [1.165, 1.54) is 7.11 Å². The predicted molar refractivity (Wildman–Crippen MR) is 142 cm³/mol. The third-order valence-electron chi connectivity index (χ3n) is 6.33. The van der Waals surface area contributed by atoms with E-state index in [0.29, 0.717) is 47.1 Å². The average molecular weight is 505 g/mol. The number of fused-ring (bicyclic) bond motifs is 1. The molecule has 0 aliphatic carbocycles. The first-order valence-electron chi connectivity index (χ1n) is 12.1. The van der Waals surface area contributed by atoms with Crippen LogP contribution in [0.15, 0.2) is 91.0 Å². The Hall–Kier alpha value is -5.09. The number of rotatable bonds is 6. The molecule has 0 fully saturated rings. The van der Waals surface area contributed by atoms with E-state index in [1.807, 2.05) is 54.6 Å². The second kappa shape index (κ2) is 10.9. The summed E-state index contributed by atoms with van der Waals surface area (Å²) < 4.78 is 16.6. The third-order valence-corrected chi connectivity index (χ3v) is 6.33. The van der Waals surface area contributed by atoms with Crippen molar-refractivity contribution in [1.82, 2.24) is 0 Å². The number of hydrogen-bond acceptors (Lipinski definition) is 6. The summed E-state index contributed by atoms with van der Waals surface area (Å²) in [6.07, 6.45) is 0.477. The van der Waals surface area contributed by atoms with Crippen LogP contribution in [0.5, 0.6) is 17.2 Å². The van der Waals surface area contributed by atoms with E-state index in [9.17, 15) is 14.9 Å². The summed E-state index contributed by atoms with van der Waals surface area (Å²) in [7, 11) is 1.34. The Labute approximate surface area is 220 Å². The minimum Gasteiger partial charge on any atom is -0.493 e. The van der Waals surface area contributed by atoms with E-state index in [0.717, 1.165) is 11.1 Å². The second-order valence-electron chi connectivity index (χ2n) is 8.74. The Kier molecular flexibility index (Phi) is 7.05. The standard InChI is InChI=1S/C31H24N2O5/c1-36-31(35)26-14-15-37-29-18-28(23(19-32)17-27(26)29)38-25-12-10-21(11-13-25)30(34)33-24-9-5-8-22(16-24)20-6-3-2-4-7-20/h2-13,16-18,26H,14-15H2,1H3,(H,33,34). The molecule has 7 heteroatoms. The molecule has 188 valence electrons. The van der Waals surface area contributed by atoms with Crippen molar-refractivity contribution in [2.45, 2.75) is 12.3 Å². The van der Waals surface area contributed by atoms with Crippen LogP contribution in [0.1, 0.15) is 33.8 Å². The summed E-state index contributed by atoms with van der Waals surface area (Å²) in [5.74, 6) is 0.116. The Morgan fingerprint density at radius 1 is 0.947 bits per heavy atom. The van der Waals surface area contributed by atoms with Gasteiger partial charge in [-0.2, -0.15) is 5.26 Å². The van der Waals surface area contributed by atoms with Gasteiger partial charge in [0.2, 0.25) is 0 Å². The van der Waals surface area contributed by atoms with Gasteiger partial charge in [0.25, 0.3) is 5.91 Å². The van der Waals surface area contributed by atoms with Crippen molar-refractivity contribution in [3.8, 4) is 34.4 Å². The average Bonchev–Trinajstić information content (AvgIpc) is 2.97. The van der Waals surface area contributed by atoms with Crippen LogP contribution in [-0.4, -0.2) is 25.6 Å². The fourth-order valence-electron chi connectivity index (χ4n) is 4.39. The molecule has 38 heavy (non-hydrogen) atoms. The zero-order chi connectivity index (χ0) is 26.5. The molecule has 0 bridgehead atoms. The molecule has 0 aromatic heterocycles. The van der Waals surface area contributed by atoms with Gasteiger partial charge in [-0.15, -0.1) is 0 Å². The van der Waals surface area contributed by atoms with Crippen LogP contribution in [0.25, 0.3) is 11.1 Å². The van der Waals surface area contributed by atoms with Gasteiger partial charge in [-0.25, -0.2) is 0 Å². The lowest BCUT2D eigenvalue weighted by Gasteiger charge is -2.25. The van der Waals surface area contributed by atoms with Crippen LogP contribution in [0.4, 0.5) is 5.69 Å². The molecule has 0 saturated heterocycles. The van der Waals surface area contributed by atoms with E-state index >= 15 is 0 Å². The van der Waals surface area contributed by atoms with Crippen molar-refractivity contribution in [1.29, 1.82) is 5.26 Å². The number of nitriles is 1. The van der Waals surface area contributed by atoms with Crippen LogP contribution in [0, 0.1) is 11.3 Å². The smallest absolute Gasteiger partial charge is 0.313 e. The van der Waals surface area contributed by atoms with Gasteiger partial charge in [-0.1, -0.05) is 42.5 Å². The first-order valence-corrected chi connectivity index (χ1v) is 12.1. The molecule has 1 aliphatic heterocycles. The minimum absolute atomic E-state index is 0.254. The van der Waals surface area contributed by atoms with E-state index in [-0.39, 0.29) is 17.4 Å². The summed E-state index contributed by atoms with van der Waals surface area (Å²) >= 11 is 0. The molecule has 1 unspecified atom stereocenters. The maximum atomic E-state index is 12.9. The normalized spacial score (nSPS) is 13.8. The number of amides is 1. The highest BCUT2D eigenvalue weighted by Gasteiger charge is 2.30. The maximum Gasteiger partial charge on any atom is 0.313 e. The number of nitrogens with one attached hydrogen (secondary N) is 1. The number of nitrogens with zero attached hydrogens (tertiary/aromatic N) is 1. The molecule has 0 saturated carbocycles. The van der Waals surface area contributed by atoms with Gasteiger partial charge in [0.15, 0.2) is 0 Å². The fraction of sp³-hybridized carbons (Fsp3) is 0.129. The van der Waals surface area contributed by atoms with Crippen LogP contribution in [0.2, 0.25) is 0 Å². The predicted octanol–water partition coefficient (Wildman–Crippen LogP) is 6.31. The highest BCUT2D eigenvalue weighted by Crippen LogP contribution is 2.40. The van der Waals surface area contributed by atoms with Crippen molar-refractivity contribution < 1.29 is 23.8 Å². The highest BCUT2D eigenvalue weighted by atomic mass is 16.5. The van der Waals surface area contributed by atoms with Gasteiger partial charge in [0.05, 0.1) is 25.2 Å². The molecule has 1 amide bonds. The van der Waals surface area contributed by atoms with Crippen molar-refractivity contribution in [3.63, 3.8) is 0 Å². The van der Waals surface area contributed by atoms with Crippen LogP contribution < -0.4 is 14.8 Å². The molecule has 1 aliphatic rings. The quantitative estimate of drug-likeness (QED) is 0.309. The lowest BCUT2D eigenvalue weighted by molar-refractivity contribution is -0.143. The molecule has 5 rings (SSSR count). The van der Waals surface area contributed by atoms with E-state index in [1.54, 1.807) is 36.4 Å². The molecular weight excluding hydrogens is 480 g/mol. The maximum absolute atomic E-state index is 12.9. The zero-order valence-electron chi connectivity index (χ0n) is 20.6. The molecule has 7 nitrogen and oxygen atoms in total. The van der Waals surface area contributed by atoms with Crippen molar-refractivity contribution in [2.75, 3.05) is 19.0 Å².